The summed E-state index contributed by atoms with van der Waals surface area (Å²) in [5, 5.41) is 0.636. The molecule has 9 aromatic rings. The van der Waals surface area contributed by atoms with Crippen LogP contribution in [0.15, 0.2) is 168 Å². The molecule has 0 spiro atoms. The molecule has 4 radical (unpaired) electrons. The molecular weight excluding hydrogens is 648 g/mol. The van der Waals surface area contributed by atoms with Gasteiger partial charge in [-0.15, -0.1) is 0 Å². The van der Waals surface area contributed by atoms with E-state index in [4.69, 9.17) is 39.8 Å². The van der Waals surface area contributed by atoms with Crippen molar-refractivity contribution in [2.45, 2.75) is 5.40 Å². The molecule has 5 nitrogen and oxygen atoms in total. The number of ether oxygens (including phenoxy) is 1. The van der Waals surface area contributed by atoms with Gasteiger partial charge in [-0.1, -0.05) is 146 Å². The van der Waals surface area contributed by atoms with Gasteiger partial charge in [0.2, 0.25) is 0 Å². The summed E-state index contributed by atoms with van der Waals surface area (Å²) in [5.74, 6) is 2.29. The van der Waals surface area contributed by atoms with Gasteiger partial charge in [0.1, 0.15) is 32.6 Å². The normalized spacial score (nSPS) is 13.0. The van der Waals surface area contributed by atoms with Gasteiger partial charge in [0.15, 0.2) is 17.5 Å². The van der Waals surface area contributed by atoms with Gasteiger partial charge in [0.05, 0.1) is 11.0 Å². The van der Waals surface area contributed by atoms with E-state index in [0.717, 1.165) is 77.6 Å². The van der Waals surface area contributed by atoms with E-state index >= 15 is 0 Å². The molecule has 244 valence electrons. The number of para-hydroxylation sites is 2. The maximum atomic E-state index is 6.42. The fourth-order valence-electron chi connectivity index (χ4n) is 7.33. The molecule has 0 saturated heterocycles. The standard InChI is InChI=1S/C46H27B2N3O2/c47-46(48)38-17-6-4-13-36(38)41-33(14-9-19-40(41)53-46)30-22-26-32(27-23-30)44-49-43(31-24-20-29(21-25-31)28-10-2-1-3-11-28)50-45(51-44)37-16-8-15-35-34-12-5-7-18-39(34)52-42(35)37/h1-27H. The zero-order chi connectivity index (χ0) is 35.5. The summed E-state index contributed by atoms with van der Waals surface area (Å²) in [4.78, 5) is 15.2. The third kappa shape index (κ3) is 5.32. The maximum Gasteiger partial charge on any atom is 0.167 e. The molecule has 0 N–H and O–H groups in total. The molecule has 0 amide bonds. The number of fused-ring (bicyclic) bond motifs is 6. The monoisotopic (exact) mass is 675 g/mol. The number of furan rings is 1. The highest BCUT2D eigenvalue weighted by Gasteiger charge is 2.32. The first-order valence-corrected chi connectivity index (χ1v) is 17.4. The Morgan fingerprint density at radius 1 is 0.415 bits per heavy atom. The lowest BCUT2D eigenvalue weighted by Gasteiger charge is -2.37. The van der Waals surface area contributed by atoms with Crippen LogP contribution < -0.4 is 4.74 Å². The predicted octanol–water partition coefficient (Wildman–Crippen LogP) is 10.6. The van der Waals surface area contributed by atoms with E-state index in [1.807, 2.05) is 97.1 Å². The molecule has 1 aliphatic heterocycles. The quantitative estimate of drug-likeness (QED) is 0.170. The summed E-state index contributed by atoms with van der Waals surface area (Å²) in [7, 11) is 12.8. The van der Waals surface area contributed by atoms with Crippen LogP contribution in [0.25, 0.3) is 89.5 Å². The first kappa shape index (κ1) is 31.1. The van der Waals surface area contributed by atoms with Crippen molar-refractivity contribution in [1.29, 1.82) is 0 Å². The maximum absolute atomic E-state index is 6.42. The Morgan fingerprint density at radius 3 is 1.74 bits per heavy atom. The topological polar surface area (TPSA) is 61.0 Å². The van der Waals surface area contributed by atoms with Crippen molar-refractivity contribution in [2.24, 2.45) is 0 Å². The highest BCUT2D eigenvalue weighted by atomic mass is 16.5. The van der Waals surface area contributed by atoms with E-state index in [1.165, 1.54) is 0 Å². The van der Waals surface area contributed by atoms with E-state index in [-0.39, 0.29) is 0 Å². The molecule has 7 heteroatoms. The molecule has 0 bridgehead atoms. The fourth-order valence-corrected chi connectivity index (χ4v) is 7.33. The van der Waals surface area contributed by atoms with Crippen LogP contribution in [0.2, 0.25) is 0 Å². The molecule has 0 saturated carbocycles. The molecule has 53 heavy (non-hydrogen) atoms. The summed E-state index contributed by atoms with van der Waals surface area (Å²) < 4.78 is 12.5. The van der Waals surface area contributed by atoms with Crippen molar-refractivity contribution >= 4 is 37.6 Å². The average Bonchev–Trinajstić information content (AvgIpc) is 3.60. The van der Waals surface area contributed by atoms with Crippen molar-refractivity contribution in [2.75, 3.05) is 0 Å². The van der Waals surface area contributed by atoms with Crippen molar-refractivity contribution < 1.29 is 9.15 Å². The smallest absolute Gasteiger partial charge is 0.167 e. The van der Waals surface area contributed by atoms with E-state index < -0.39 is 5.40 Å². The molecule has 7 aromatic carbocycles. The van der Waals surface area contributed by atoms with Gasteiger partial charge in [0.25, 0.3) is 0 Å². The van der Waals surface area contributed by atoms with Gasteiger partial charge in [0, 0.05) is 27.5 Å². The minimum atomic E-state index is -1.42. The SMILES string of the molecule is [B]C1([B])Oc2cccc(-c3ccc(-c4nc(-c5ccc(-c6ccccc6)cc5)nc(-c5cccc6c5oc5ccccc56)n4)cc3)c2-c2ccccc21. The largest absolute Gasteiger partial charge is 0.502 e. The van der Waals surface area contributed by atoms with Crippen LogP contribution in [-0.2, 0) is 5.40 Å². The van der Waals surface area contributed by atoms with Gasteiger partial charge < -0.3 is 9.15 Å². The first-order chi connectivity index (χ1) is 26.0. The Kier molecular flexibility index (Phi) is 7.15. The van der Waals surface area contributed by atoms with Crippen molar-refractivity contribution in [3.63, 3.8) is 0 Å². The highest BCUT2D eigenvalue weighted by Crippen LogP contribution is 2.47. The second-order valence-electron chi connectivity index (χ2n) is 13.2. The Bertz CT molecular complexity index is 2830. The number of rotatable bonds is 5. The van der Waals surface area contributed by atoms with Crippen LogP contribution in [0, 0.1) is 0 Å². The second kappa shape index (κ2) is 12.2. The van der Waals surface area contributed by atoms with Gasteiger partial charge >= 0.3 is 0 Å². The van der Waals surface area contributed by atoms with Gasteiger partial charge in [-0.3, -0.25) is 0 Å². The number of hydrogen-bond donors (Lipinski definition) is 0. The Labute approximate surface area is 308 Å². The molecule has 0 atom stereocenters. The highest BCUT2D eigenvalue weighted by molar-refractivity contribution is 6.40. The summed E-state index contributed by atoms with van der Waals surface area (Å²) in [6.45, 7) is 0. The van der Waals surface area contributed by atoms with E-state index in [2.05, 4.69) is 66.7 Å². The zero-order valence-electron chi connectivity index (χ0n) is 28.4. The van der Waals surface area contributed by atoms with Crippen LogP contribution in [-0.4, -0.2) is 30.6 Å². The number of benzene rings is 7. The molecule has 3 heterocycles. The average molecular weight is 675 g/mol. The number of aromatic nitrogens is 3. The van der Waals surface area contributed by atoms with Crippen molar-refractivity contribution in [3.05, 3.63) is 169 Å². The molecule has 10 rings (SSSR count). The molecule has 0 unspecified atom stereocenters. The van der Waals surface area contributed by atoms with Gasteiger partial charge in [-0.2, -0.15) is 0 Å². The zero-order valence-corrected chi connectivity index (χ0v) is 28.4. The van der Waals surface area contributed by atoms with Crippen LogP contribution >= 0.6 is 0 Å². The van der Waals surface area contributed by atoms with E-state index in [1.54, 1.807) is 0 Å². The lowest BCUT2D eigenvalue weighted by molar-refractivity contribution is 0.241. The number of hydrogen-bond acceptors (Lipinski definition) is 5. The Hall–Kier alpha value is -6.72. The van der Waals surface area contributed by atoms with Crippen LogP contribution in [0.5, 0.6) is 5.75 Å². The summed E-state index contributed by atoms with van der Waals surface area (Å²) in [5.41, 5.74) is 11.0. The summed E-state index contributed by atoms with van der Waals surface area (Å²) in [6, 6.07) is 54.8. The summed E-state index contributed by atoms with van der Waals surface area (Å²) >= 11 is 0. The van der Waals surface area contributed by atoms with Crippen LogP contribution in [0.1, 0.15) is 5.56 Å². The Morgan fingerprint density at radius 2 is 0.962 bits per heavy atom. The second-order valence-corrected chi connectivity index (χ2v) is 13.2. The van der Waals surface area contributed by atoms with Crippen molar-refractivity contribution in [1.82, 2.24) is 15.0 Å². The van der Waals surface area contributed by atoms with Gasteiger partial charge in [-0.05, 0) is 51.6 Å². The molecule has 1 aliphatic rings. The van der Waals surface area contributed by atoms with Crippen LogP contribution in [0.4, 0.5) is 0 Å². The third-order valence-electron chi connectivity index (χ3n) is 9.91. The molecule has 2 aromatic heterocycles. The van der Waals surface area contributed by atoms with E-state index in [9.17, 15) is 0 Å². The lowest BCUT2D eigenvalue weighted by Crippen LogP contribution is -2.37. The number of nitrogens with zero attached hydrogens (tertiary/aromatic N) is 3. The molecule has 0 aliphatic carbocycles. The Balaban J connectivity index is 1.10. The van der Waals surface area contributed by atoms with Gasteiger partial charge in [-0.25, -0.2) is 15.0 Å². The minimum Gasteiger partial charge on any atom is -0.502 e. The van der Waals surface area contributed by atoms with E-state index in [0.29, 0.717) is 23.2 Å². The summed E-state index contributed by atoms with van der Waals surface area (Å²) in [6.07, 6.45) is 0. The van der Waals surface area contributed by atoms with Crippen LogP contribution in [0.3, 0.4) is 0 Å². The third-order valence-corrected chi connectivity index (χ3v) is 9.91. The predicted molar refractivity (Wildman–Crippen MR) is 214 cm³/mol. The lowest BCUT2D eigenvalue weighted by atomic mass is 9.58. The van der Waals surface area contributed by atoms with Crippen molar-refractivity contribution in [3.8, 4) is 73.3 Å². The fraction of sp³-hybridized carbons (Fsp3) is 0.0217. The molecule has 0 fully saturated rings. The minimum absolute atomic E-state index is 0.531. The first-order valence-electron chi connectivity index (χ1n) is 17.4. The molecular formula is C46H27B2N3O2.